The second-order valence-electron chi connectivity index (χ2n) is 5.95. The molecule has 0 radical (unpaired) electrons. The van der Waals surface area contributed by atoms with Crippen molar-refractivity contribution in [3.8, 4) is 11.1 Å². The van der Waals surface area contributed by atoms with Gasteiger partial charge >= 0.3 is 6.18 Å². The number of anilines is 1. The monoisotopic (exact) mass is 422 g/mol. The summed E-state index contributed by atoms with van der Waals surface area (Å²) in [6, 6.07) is 16.0. The molecule has 0 aliphatic heterocycles. The van der Waals surface area contributed by atoms with Gasteiger partial charge in [0.2, 0.25) is 0 Å². The highest BCUT2D eigenvalue weighted by molar-refractivity contribution is 7.92. The predicted molar refractivity (Wildman–Crippen MR) is 101 cm³/mol. The maximum Gasteiger partial charge on any atom is 0.417 e. The molecule has 0 aliphatic carbocycles. The van der Waals surface area contributed by atoms with Gasteiger partial charge in [-0.05, 0) is 29.3 Å². The average molecular weight is 422 g/mol. The number of nitro groups is 1. The molecular weight excluding hydrogens is 409 g/mol. The molecule has 150 valence electrons. The van der Waals surface area contributed by atoms with Gasteiger partial charge in [-0.1, -0.05) is 48.5 Å². The summed E-state index contributed by atoms with van der Waals surface area (Å²) >= 11 is 0. The number of nitrogens with one attached hydrogen (secondary N) is 1. The third-order valence-corrected chi connectivity index (χ3v) is 5.45. The Labute approximate surface area is 163 Å². The lowest BCUT2D eigenvalue weighted by Crippen LogP contribution is -2.19. The van der Waals surface area contributed by atoms with Crippen molar-refractivity contribution in [2.24, 2.45) is 0 Å². The zero-order valence-electron chi connectivity index (χ0n) is 14.6. The predicted octanol–water partition coefficient (Wildman–Crippen LogP) is 5.08. The number of sulfonamides is 1. The van der Waals surface area contributed by atoms with Crippen LogP contribution in [-0.2, 0) is 16.2 Å². The summed E-state index contributed by atoms with van der Waals surface area (Å²) in [6.45, 7) is 0. The molecule has 0 bridgehead atoms. The molecule has 3 aromatic carbocycles. The summed E-state index contributed by atoms with van der Waals surface area (Å²) in [7, 11) is -4.74. The van der Waals surface area contributed by atoms with Crippen LogP contribution in [0.5, 0.6) is 0 Å². The lowest BCUT2D eigenvalue weighted by Gasteiger charge is -2.14. The van der Waals surface area contributed by atoms with Gasteiger partial charge < -0.3 is 0 Å². The molecule has 0 unspecified atom stereocenters. The first-order valence-corrected chi connectivity index (χ1v) is 9.61. The normalized spacial score (nSPS) is 11.8. The molecule has 0 saturated heterocycles. The number of hydrogen-bond acceptors (Lipinski definition) is 4. The van der Waals surface area contributed by atoms with E-state index in [4.69, 9.17) is 0 Å². The Morgan fingerprint density at radius 2 is 1.48 bits per heavy atom. The minimum absolute atomic E-state index is 0.438. The van der Waals surface area contributed by atoms with Gasteiger partial charge in [-0.3, -0.25) is 14.8 Å². The second kappa shape index (κ2) is 7.55. The van der Waals surface area contributed by atoms with Gasteiger partial charge in [-0.2, -0.15) is 13.2 Å². The molecule has 3 aromatic rings. The molecular formula is C19H13F3N2O4S. The van der Waals surface area contributed by atoms with E-state index in [9.17, 15) is 31.7 Å². The highest BCUT2D eigenvalue weighted by Gasteiger charge is 2.37. The minimum atomic E-state index is -4.91. The summed E-state index contributed by atoms with van der Waals surface area (Å²) in [4.78, 5) is 9.62. The molecule has 6 nitrogen and oxygen atoms in total. The number of nitrogens with zero attached hydrogens (tertiary/aromatic N) is 1. The third kappa shape index (κ3) is 4.37. The zero-order valence-corrected chi connectivity index (χ0v) is 15.4. The molecule has 0 heterocycles. The Hall–Kier alpha value is -3.40. The van der Waals surface area contributed by atoms with Crippen molar-refractivity contribution in [2.75, 3.05) is 4.72 Å². The lowest BCUT2D eigenvalue weighted by atomic mass is 10.0. The van der Waals surface area contributed by atoms with E-state index in [1.54, 1.807) is 30.3 Å². The fraction of sp³-hybridized carbons (Fsp3) is 0.0526. The number of nitro benzene ring substituents is 1. The molecule has 10 heteroatoms. The first-order chi connectivity index (χ1) is 13.6. The molecule has 29 heavy (non-hydrogen) atoms. The van der Waals surface area contributed by atoms with Gasteiger partial charge in [0.1, 0.15) is 5.69 Å². The fourth-order valence-corrected chi connectivity index (χ4v) is 4.02. The van der Waals surface area contributed by atoms with Crippen molar-refractivity contribution in [1.29, 1.82) is 0 Å². The zero-order chi connectivity index (χ0) is 21.2. The lowest BCUT2D eigenvalue weighted by molar-refractivity contribution is -0.383. The van der Waals surface area contributed by atoms with Crippen LogP contribution >= 0.6 is 0 Å². The standard InChI is InChI=1S/C19H13F3N2O4S/c20-19(21,22)15-8-4-5-9-18(15)29(27,28)23-16-11-10-14(12-17(16)24(25)26)13-6-2-1-3-7-13/h1-12,23H. The Kier molecular flexibility index (Phi) is 5.29. The summed E-state index contributed by atoms with van der Waals surface area (Å²) in [6.07, 6.45) is -4.91. The largest absolute Gasteiger partial charge is 0.417 e. The Morgan fingerprint density at radius 1 is 0.862 bits per heavy atom. The Bertz CT molecular complexity index is 1160. The molecule has 0 aliphatic rings. The molecule has 1 N–H and O–H groups in total. The number of benzene rings is 3. The van der Waals surface area contributed by atoms with Crippen molar-refractivity contribution in [3.05, 3.63) is 88.5 Å². The molecule has 0 fully saturated rings. The maximum atomic E-state index is 13.2. The number of alkyl halides is 3. The molecule has 0 spiro atoms. The molecule has 0 saturated carbocycles. The number of rotatable bonds is 5. The second-order valence-corrected chi connectivity index (χ2v) is 7.61. The van der Waals surface area contributed by atoms with Crippen LogP contribution in [0.3, 0.4) is 0 Å². The Morgan fingerprint density at radius 3 is 2.10 bits per heavy atom. The quantitative estimate of drug-likeness (QED) is 0.459. The van der Waals surface area contributed by atoms with E-state index in [0.29, 0.717) is 17.2 Å². The summed E-state index contributed by atoms with van der Waals surface area (Å²) in [5.41, 5.74) is -1.27. The van der Waals surface area contributed by atoms with Gasteiger partial charge in [-0.15, -0.1) is 0 Å². The van der Waals surface area contributed by atoms with Crippen LogP contribution in [-0.4, -0.2) is 13.3 Å². The first kappa shape index (κ1) is 20.3. The van der Waals surface area contributed by atoms with Crippen LogP contribution in [0, 0.1) is 10.1 Å². The van der Waals surface area contributed by atoms with Gasteiger partial charge in [0.05, 0.1) is 15.4 Å². The van der Waals surface area contributed by atoms with Crippen LogP contribution in [0.15, 0.2) is 77.7 Å². The highest BCUT2D eigenvalue weighted by atomic mass is 32.2. The van der Waals surface area contributed by atoms with Crippen LogP contribution in [0.2, 0.25) is 0 Å². The summed E-state index contributed by atoms with van der Waals surface area (Å²) in [5, 5.41) is 11.4. The van der Waals surface area contributed by atoms with Crippen molar-refractivity contribution in [3.63, 3.8) is 0 Å². The van der Waals surface area contributed by atoms with Gasteiger partial charge in [0.15, 0.2) is 0 Å². The van der Waals surface area contributed by atoms with E-state index in [2.05, 4.69) is 0 Å². The topological polar surface area (TPSA) is 89.3 Å². The average Bonchev–Trinajstić information content (AvgIpc) is 2.68. The van der Waals surface area contributed by atoms with Crippen LogP contribution in [0.4, 0.5) is 24.5 Å². The van der Waals surface area contributed by atoms with Crippen molar-refractivity contribution in [2.45, 2.75) is 11.1 Å². The van der Waals surface area contributed by atoms with Gasteiger partial charge in [0, 0.05) is 6.07 Å². The fourth-order valence-electron chi connectivity index (χ4n) is 2.71. The molecule has 0 atom stereocenters. The third-order valence-electron chi connectivity index (χ3n) is 4.03. The SMILES string of the molecule is O=[N+]([O-])c1cc(-c2ccccc2)ccc1NS(=O)(=O)c1ccccc1C(F)(F)F. The van der Waals surface area contributed by atoms with Crippen LogP contribution in [0.1, 0.15) is 5.56 Å². The number of hydrogen-bond donors (Lipinski definition) is 1. The maximum absolute atomic E-state index is 13.2. The van der Waals surface area contributed by atoms with Gasteiger partial charge in [0.25, 0.3) is 15.7 Å². The van der Waals surface area contributed by atoms with Crippen molar-refractivity contribution < 1.29 is 26.5 Å². The highest BCUT2D eigenvalue weighted by Crippen LogP contribution is 2.36. The van der Waals surface area contributed by atoms with E-state index >= 15 is 0 Å². The van der Waals surface area contributed by atoms with E-state index in [-0.39, 0.29) is 0 Å². The van der Waals surface area contributed by atoms with Crippen molar-refractivity contribution in [1.82, 2.24) is 0 Å². The van der Waals surface area contributed by atoms with E-state index in [1.807, 2.05) is 4.72 Å². The smallest absolute Gasteiger partial charge is 0.273 e. The summed E-state index contributed by atoms with van der Waals surface area (Å²) in [5.74, 6) is 0. The first-order valence-electron chi connectivity index (χ1n) is 8.12. The Balaban J connectivity index is 2.05. The minimum Gasteiger partial charge on any atom is -0.273 e. The number of halogens is 3. The van der Waals surface area contributed by atoms with Crippen LogP contribution in [0.25, 0.3) is 11.1 Å². The molecule has 0 aromatic heterocycles. The van der Waals surface area contributed by atoms with Crippen molar-refractivity contribution >= 4 is 21.4 Å². The van der Waals surface area contributed by atoms with Gasteiger partial charge in [-0.25, -0.2) is 8.42 Å². The molecule has 0 amide bonds. The summed E-state index contributed by atoms with van der Waals surface area (Å²) < 4.78 is 66.5. The van der Waals surface area contributed by atoms with E-state index < -0.39 is 43.0 Å². The van der Waals surface area contributed by atoms with E-state index in [0.717, 1.165) is 30.3 Å². The molecule has 3 rings (SSSR count). The van der Waals surface area contributed by atoms with E-state index in [1.165, 1.54) is 6.07 Å². The van der Waals surface area contributed by atoms with Crippen LogP contribution < -0.4 is 4.72 Å².